The first-order valence-corrected chi connectivity index (χ1v) is 6.27. The molecule has 0 saturated carbocycles. The van der Waals surface area contributed by atoms with Gasteiger partial charge >= 0.3 is 0 Å². The van der Waals surface area contributed by atoms with Crippen LogP contribution in [-0.2, 0) is 13.1 Å². The van der Waals surface area contributed by atoms with Crippen LogP contribution in [0.25, 0.3) is 0 Å². The number of benzene rings is 2. The Morgan fingerprint density at radius 3 is 2.32 bits per heavy atom. The molecular formula is C16H14FNO. The Labute approximate surface area is 111 Å². The fraction of sp³-hybridized carbons (Fsp3) is 0.188. The van der Waals surface area contributed by atoms with E-state index in [1.54, 1.807) is 17.0 Å². The highest BCUT2D eigenvalue weighted by Crippen LogP contribution is 2.24. The van der Waals surface area contributed by atoms with Crippen molar-refractivity contribution in [2.45, 2.75) is 20.0 Å². The summed E-state index contributed by atoms with van der Waals surface area (Å²) in [6.45, 7) is 2.92. The van der Waals surface area contributed by atoms with Crippen LogP contribution >= 0.6 is 0 Å². The number of hydrogen-bond donors (Lipinski definition) is 0. The first-order chi connectivity index (χ1) is 9.15. The Morgan fingerprint density at radius 1 is 1.11 bits per heavy atom. The van der Waals surface area contributed by atoms with Crippen LogP contribution in [0.2, 0.25) is 0 Å². The van der Waals surface area contributed by atoms with Crippen molar-refractivity contribution < 1.29 is 9.18 Å². The third kappa shape index (κ3) is 2.12. The molecule has 0 bridgehead atoms. The molecule has 1 amide bonds. The second-order valence-electron chi connectivity index (χ2n) is 4.91. The van der Waals surface area contributed by atoms with Crippen LogP contribution in [-0.4, -0.2) is 10.8 Å². The van der Waals surface area contributed by atoms with Crippen LogP contribution in [0, 0.1) is 12.7 Å². The number of rotatable bonds is 1. The average molecular weight is 255 g/mol. The largest absolute Gasteiger partial charge is 0.330 e. The van der Waals surface area contributed by atoms with Gasteiger partial charge in [-0.1, -0.05) is 30.3 Å². The van der Waals surface area contributed by atoms with Crippen molar-refractivity contribution in [3.05, 3.63) is 70.5 Å². The number of hydrogen-bond acceptors (Lipinski definition) is 1. The summed E-state index contributed by atoms with van der Waals surface area (Å²) in [5.74, 6) is -0.686. The predicted octanol–water partition coefficient (Wildman–Crippen LogP) is 3.29. The van der Waals surface area contributed by atoms with E-state index in [-0.39, 0.29) is 11.5 Å². The lowest BCUT2D eigenvalue weighted by molar-refractivity contribution is 0.0746. The summed E-state index contributed by atoms with van der Waals surface area (Å²) >= 11 is 0. The fourth-order valence-electron chi connectivity index (χ4n) is 2.44. The zero-order valence-corrected chi connectivity index (χ0v) is 10.7. The molecule has 3 rings (SSSR count). The highest BCUT2D eigenvalue weighted by molar-refractivity contribution is 5.94. The van der Waals surface area contributed by atoms with Crippen LogP contribution in [0.4, 0.5) is 4.39 Å². The van der Waals surface area contributed by atoms with Crippen molar-refractivity contribution in [2.24, 2.45) is 0 Å². The van der Waals surface area contributed by atoms with E-state index in [2.05, 4.69) is 0 Å². The Hall–Kier alpha value is -2.16. The minimum Gasteiger partial charge on any atom is -0.330 e. The van der Waals surface area contributed by atoms with Gasteiger partial charge in [0.25, 0.3) is 5.91 Å². The predicted molar refractivity (Wildman–Crippen MR) is 71.2 cm³/mol. The molecule has 1 aliphatic rings. The van der Waals surface area contributed by atoms with Gasteiger partial charge in [-0.05, 0) is 35.7 Å². The van der Waals surface area contributed by atoms with Crippen LogP contribution in [0.5, 0.6) is 0 Å². The third-order valence-corrected chi connectivity index (χ3v) is 3.48. The first kappa shape index (κ1) is 11.9. The van der Waals surface area contributed by atoms with Crippen LogP contribution in [0.15, 0.2) is 42.5 Å². The number of amides is 1. The lowest BCUT2D eigenvalue weighted by Crippen LogP contribution is -2.26. The quantitative estimate of drug-likeness (QED) is 0.765. The van der Waals surface area contributed by atoms with Crippen molar-refractivity contribution in [3.63, 3.8) is 0 Å². The summed E-state index contributed by atoms with van der Waals surface area (Å²) in [5.41, 5.74) is 3.25. The fourth-order valence-corrected chi connectivity index (χ4v) is 2.44. The molecule has 0 unspecified atom stereocenters. The lowest BCUT2D eigenvalue weighted by Gasteiger charge is -2.16. The van der Waals surface area contributed by atoms with E-state index < -0.39 is 5.82 Å². The smallest absolute Gasteiger partial charge is 0.257 e. The number of carbonyl (C=O) groups is 1. The van der Waals surface area contributed by atoms with E-state index in [4.69, 9.17) is 0 Å². The van der Waals surface area contributed by atoms with Crippen molar-refractivity contribution in [3.8, 4) is 0 Å². The Balaban J connectivity index is 1.87. The van der Waals surface area contributed by atoms with E-state index in [9.17, 15) is 9.18 Å². The van der Waals surface area contributed by atoms with E-state index in [1.165, 1.54) is 6.07 Å². The summed E-state index contributed by atoms with van der Waals surface area (Å²) in [7, 11) is 0. The monoisotopic (exact) mass is 255 g/mol. The van der Waals surface area contributed by atoms with Crippen LogP contribution in [0.1, 0.15) is 27.0 Å². The molecule has 19 heavy (non-hydrogen) atoms. The molecule has 0 N–H and O–H groups in total. The summed E-state index contributed by atoms with van der Waals surface area (Å²) in [6.07, 6.45) is 0. The maximum Gasteiger partial charge on any atom is 0.257 e. The molecule has 2 aromatic rings. The lowest BCUT2D eigenvalue weighted by atomic mass is 10.1. The molecule has 3 heteroatoms. The standard InChI is InChI=1S/C16H14FNO/c1-11-6-7-14(15(17)8-11)16(19)18-9-12-4-2-3-5-13(12)10-18/h2-8H,9-10H2,1H3. The van der Waals surface area contributed by atoms with E-state index in [0.29, 0.717) is 13.1 Å². The first-order valence-electron chi connectivity index (χ1n) is 6.27. The number of nitrogens with zero attached hydrogens (tertiary/aromatic N) is 1. The third-order valence-electron chi connectivity index (χ3n) is 3.48. The minimum atomic E-state index is -0.444. The molecule has 2 aromatic carbocycles. The van der Waals surface area contributed by atoms with Gasteiger partial charge in [0.2, 0.25) is 0 Å². The molecule has 0 aromatic heterocycles. The molecule has 1 aliphatic heterocycles. The van der Waals surface area contributed by atoms with Crippen molar-refractivity contribution in [1.29, 1.82) is 0 Å². The maximum atomic E-state index is 13.8. The highest BCUT2D eigenvalue weighted by atomic mass is 19.1. The van der Waals surface area contributed by atoms with Crippen molar-refractivity contribution in [1.82, 2.24) is 4.90 Å². The molecule has 0 radical (unpaired) electrons. The molecule has 1 heterocycles. The van der Waals surface area contributed by atoms with Gasteiger partial charge in [-0.15, -0.1) is 0 Å². The van der Waals surface area contributed by atoms with Gasteiger partial charge in [0.1, 0.15) is 5.82 Å². The Bertz CT molecular complexity index is 626. The number of fused-ring (bicyclic) bond motifs is 1. The van der Waals surface area contributed by atoms with Crippen molar-refractivity contribution >= 4 is 5.91 Å². The Morgan fingerprint density at radius 2 is 1.74 bits per heavy atom. The summed E-state index contributed by atoms with van der Waals surface area (Å²) < 4.78 is 13.8. The van der Waals surface area contributed by atoms with Gasteiger partial charge in [0, 0.05) is 13.1 Å². The normalized spacial score (nSPS) is 13.5. The second kappa shape index (κ2) is 4.50. The molecule has 0 fully saturated rings. The van der Waals surface area contributed by atoms with Gasteiger partial charge in [-0.2, -0.15) is 0 Å². The van der Waals surface area contributed by atoms with Gasteiger partial charge < -0.3 is 4.90 Å². The zero-order chi connectivity index (χ0) is 13.4. The topological polar surface area (TPSA) is 20.3 Å². The van der Waals surface area contributed by atoms with E-state index in [1.807, 2.05) is 31.2 Å². The van der Waals surface area contributed by atoms with E-state index >= 15 is 0 Å². The Kier molecular flexibility index (Phi) is 2.82. The van der Waals surface area contributed by atoms with Gasteiger partial charge in [0.05, 0.1) is 5.56 Å². The number of aryl methyl sites for hydroxylation is 1. The number of carbonyl (C=O) groups excluding carboxylic acids is 1. The molecule has 0 spiro atoms. The summed E-state index contributed by atoms with van der Waals surface area (Å²) in [6, 6.07) is 12.7. The van der Waals surface area contributed by atoms with Gasteiger partial charge in [-0.3, -0.25) is 4.79 Å². The van der Waals surface area contributed by atoms with E-state index in [0.717, 1.165) is 16.7 Å². The molecule has 0 aliphatic carbocycles. The molecule has 96 valence electrons. The summed E-state index contributed by atoms with van der Waals surface area (Å²) in [5, 5.41) is 0. The molecular weight excluding hydrogens is 241 g/mol. The van der Waals surface area contributed by atoms with Crippen LogP contribution < -0.4 is 0 Å². The number of halogens is 1. The maximum absolute atomic E-state index is 13.8. The molecule has 0 atom stereocenters. The molecule has 2 nitrogen and oxygen atoms in total. The van der Waals surface area contributed by atoms with Crippen molar-refractivity contribution in [2.75, 3.05) is 0 Å². The minimum absolute atomic E-state index is 0.151. The SMILES string of the molecule is Cc1ccc(C(=O)N2Cc3ccccc3C2)c(F)c1. The van der Waals surface area contributed by atoms with Gasteiger partial charge in [0.15, 0.2) is 0 Å². The second-order valence-corrected chi connectivity index (χ2v) is 4.91. The zero-order valence-electron chi connectivity index (χ0n) is 10.7. The average Bonchev–Trinajstić information content (AvgIpc) is 2.81. The van der Waals surface area contributed by atoms with Gasteiger partial charge in [-0.25, -0.2) is 4.39 Å². The van der Waals surface area contributed by atoms with Crippen LogP contribution in [0.3, 0.4) is 0 Å². The summed E-state index contributed by atoms with van der Waals surface area (Å²) in [4.78, 5) is 14.0. The highest BCUT2D eigenvalue weighted by Gasteiger charge is 2.25. The molecule has 0 saturated heterocycles.